The molecule has 1 aliphatic heterocycles. The molecule has 2 saturated carbocycles. The maximum atomic E-state index is 6.79. The normalized spacial score (nSPS) is 35.1. The summed E-state index contributed by atoms with van der Waals surface area (Å²) < 4.78 is 6.79. The molecule has 0 bridgehead atoms. The maximum Gasteiger partial charge on any atom is 0.0944 e. The molecule has 0 saturated heterocycles. The summed E-state index contributed by atoms with van der Waals surface area (Å²) >= 11 is 0. The van der Waals surface area contributed by atoms with Gasteiger partial charge in [-0.3, -0.25) is 0 Å². The molecule has 1 atom stereocenters. The number of fused-ring (bicyclic) bond motifs is 2. The fraction of sp³-hybridized carbons (Fsp3) is 0.684. The van der Waals surface area contributed by atoms with E-state index in [4.69, 9.17) is 10.5 Å². The first-order valence-corrected chi connectivity index (χ1v) is 8.81. The van der Waals surface area contributed by atoms with Gasteiger partial charge in [0.1, 0.15) is 0 Å². The summed E-state index contributed by atoms with van der Waals surface area (Å²) in [6, 6.07) is 9.38. The largest absolute Gasteiger partial charge is 0.362 e. The molecule has 2 fully saturated rings. The number of hydrogen-bond acceptors (Lipinski definition) is 2. The zero-order chi connectivity index (χ0) is 14.3. The number of rotatable bonds is 1. The van der Waals surface area contributed by atoms with Crippen LogP contribution in [0.5, 0.6) is 0 Å². The molecule has 1 heterocycles. The number of hydrogen-bond donors (Lipinski definition) is 1. The Labute approximate surface area is 140 Å². The van der Waals surface area contributed by atoms with Gasteiger partial charge >= 0.3 is 0 Å². The molecular weight excluding hydrogens is 294 g/mol. The van der Waals surface area contributed by atoms with Crippen molar-refractivity contribution in [2.24, 2.45) is 11.7 Å². The van der Waals surface area contributed by atoms with Crippen molar-refractivity contribution < 1.29 is 4.74 Å². The van der Waals surface area contributed by atoms with E-state index in [1.807, 2.05) is 0 Å². The Bertz CT molecular complexity index is 504. The van der Waals surface area contributed by atoms with Crippen molar-refractivity contribution in [1.29, 1.82) is 0 Å². The Kier molecular flexibility index (Phi) is 4.82. The molecular formula is C19H28ClNO. The standard InChI is InChI=1S/C19H27NO.ClH/c20-15-10-12-19(13-11-15)17-9-5-4-8-16(17)18(21-19)14-6-2-1-3-7-14;/h4-5,8-9,14-15,18H,1-3,6-7,10-13,20H2;1H. The highest BCUT2D eigenvalue weighted by atomic mass is 35.5. The van der Waals surface area contributed by atoms with Crippen LogP contribution in [-0.4, -0.2) is 6.04 Å². The van der Waals surface area contributed by atoms with Gasteiger partial charge in [0.15, 0.2) is 0 Å². The van der Waals surface area contributed by atoms with Crippen LogP contribution in [0.15, 0.2) is 24.3 Å². The average molecular weight is 322 g/mol. The van der Waals surface area contributed by atoms with Crippen molar-refractivity contribution in [3.05, 3.63) is 35.4 Å². The molecule has 2 N–H and O–H groups in total. The lowest BCUT2D eigenvalue weighted by Gasteiger charge is -2.38. The van der Waals surface area contributed by atoms with E-state index >= 15 is 0 Å². The third-order valence-corrected chi connectivity index (χ3v) is 6.03. The van der Waals surface area contributed by atoms with E-state index < -0.39 is 0 Å². The summed E-state index contributed by atoms with van der Waals surface area (Å²) in [5.41, 5.74) is 9.07. The zero-order valence-corrected chi connectivity index (χ0v) is 14.1. The van der Waals surface area contributed by atoms with Gasteiger partial charge in [0, 0.05) is 6.04 Å². The minimum Gasteiger partial charge on any atom is -0.362 e. The smallest absolute Gasteiger partial charge is 0.0944 e. The molecule has 3 heteroatoms. The van der Waals surface area contributed by atoms with Crippen LogP contribution in [0, 0.1) is 5.92 Å². The Morgan fingerprint density at radius 3 is 2.36 bits per heavy atom. The molecule has 4 rings (SSSR count). The van der Waals surface area contributed by atoms with Crippen LogP contribution in [0.1, 0.15) is 75.0 Å². The third kappa shape index (κ3) is 2.70. The Morgan fingerprint density at radius 1 is 0.955 bits per heavy atom. The maximum absolute atomic E-state index is 6.79. The first kappa shape index (κ1) is 16.3. The predicted molar refractivity (Wildman–Crippen MR) is 92.2 cm³/mol. The van der Waals surface area contributed by atoms with Crippen LogP contribution in [0.4, 0.5) is 0 Å². The number of benzene rings is 1. The second-order valence-corrected chi connectivity index (χ2v) is 7.36. The average Bonchev–Trinajstić information content (AvgIpc) is 2.87. The van der Waals surface area contributed by atoms with Crippen LogP contribution in [-0.2, 0) is 10.3 Å². The number of ether oxygens (including phenoxy) is 1. The van der Waals surface area contributed by atoms with E-state index in [9.17, 15) is 0 Å². The summed E-state index contributed by atoms with van der Waals surface area (Å²) in [7, 11) is 0. The van der Waals surface area contributed by atoms with E-state index in [-0.39, 0.29) is 18.0 Å². The molecule has 2 nitrogen and oxygen atoms in total. The van der Waals surface area contributed by atoms with Gasteiger partial charge in [0.05, 0.1) is 11.7 Å². The van der Waals surface area contributed by atoms with E-state index in [0.29, 0.717) is 12.1 Å². The first-order chi connectivity index (χ1) is 10.3. The second-order valence-electron chi connectivity index (χ2n) is 7.36. The van der Waals surface area contributed by atoms with Gasteiger partial charge in [-0.25, -0.2) is 0 Å². The van der Waals surface area contributed by atoms with Crippen molar-refractivity contribution >= 4 is 12.4 Å². The van der Waals surface area contributed by atoms with Gasteiger partial charge < -0.3 is 10.5 Å². The zero-order valence-electron chi connectivity index (χ0n) is 13.3. The Balaban J connectivity index is 0.00000144. The number of nitrogens with two attached hydrogens (primary N) is 1. The molecule has 0 amide bonds. The van der Waals surface area contributed by atoms with Crippen LogP contribution >= 0.6 is 12.4 Å². The van der Waals surface area contributed by atoms with E-state index in [1.165, 1.54) is 43.2 Å². The predicted octanol–water partition coefficient (Wildman–Crippen LogP) is 4.86. The highest BCUT2D eigenvalue weighted by Gasteiger charge is 2.48. The summed E-state index contributed by atoms with van der Waals surface area (Å²) in [5.74, 6) is 0.731. The first-order valence-electron chi connectivity index (χ1n) is 8.81. The summed E-state index contributed by atoms with van der Waals surface area (Å²) in [5, 5.41) is 0. The topological polar surface area (TPSA) is 35.2 Å². The fourth-order valence-corrected chi connectivity index (χ4v) is 4.81. The van der Waals surface area contributed by atoms with Gasteiger partial charge in [-0.15, -0.1) is 12.4 Å². The van der Waals surface area contributed by atoms with Crippen LogP contribution in [0.3, 0.4) is 0 Å². The molecule has 2 aliphatic carbocycles. The third-order valence-electron chi connectivity index (χ3n) is 6.03. The summed E-state index contributed by atoms with van der Waals surface area (Å²) in [6.45, 7) is 0. The Morgan fingerprint density at radius 2 is 1.64 bits per heavy atom. The molecule has 122 valence electrons. The minimum absolute atomic E-state index is 0. The summed E-state index contributed by atoms with van der Waals surface area (Å²) in [4.78, 5) is 0. The molecule has 0 radical (unpaired) electrons. The van der Waals surface area contributed by atoms with E-state index in [2.05, 4.69) is 24.3 Å². The summed E-state index contributed by atoms with van der Waals surface area (Å²) in [6.07, 6.45) is 11.6. The fourth-order valence-electron chi connectivity index (χ4n) is 4.81. The van der Waals surface area contributed by atoms with Crippen molar-refractivity contribution in [1.82, 2.24) is 0 Å². The molecule has 1 unspecified atom stereocenters. The van der Waals surface area contributed by atoms with Crippen molar-refractivity contribution in [3.63, 3.8) is 0 Å². The Hall–Kier alpha value is -0.570. The SMILES string of the molecule is Cl.NC1CCC2(CC1)OC(C1CCCCC1)c1ccccc12. The van der Waals surface area contributed by atoms with Crippen LogP contribution < -0.4 is 5.73 Å². The minimum atomic E-state index is -0.0193. The quantitative estimate of drug-likeness (QED) is 0.802. The van der Waals surface area contributed by atoms with Crippen LogP contribution in [0.2, 0.25) is 0 Å². The molecule has 0 aromatic heterocycles. The molecule has 22 heavy (non-hydrogen) atoms. The van der Waals surface area contributed by atoms with Crippen LogP contribution in [0.25, 0.3) is 0 Å². The van der Waals surface area contributed by atoms with Crippen molar-refractivity contribution in [2.45, 2.75) is 75.5 Å². The lowest BCUT2D eigenvalue weighted by Crippen LogP contribution is -2.37. The highest BCUT2D eigenvalue weighted by molar-refractivity contribution is 5.85. The van der Waals surface area contributed by atoms with Gasteiger partial charge in [-0.2, -0.15) is 0 Å². The monoisotopic (exact) mass is 321 g/mol. The van der Waals surface area contributed by atoms with Crippen molar-refractivity contribution in [2.75, 3.05) is 0 Å². The van der Waals surface area contributed by atoms with Gasteiger partial charge in [-0.05, 0) is 55.6 Å². The molecule has 3 aliphatic rings. The van der Waals surface area contributed by atoms with Gasteiger partial charge in [0.25, 0.3) is 0 Å². The highest BCUT2D eigenvalue weighted by Crippen LogP contribution is 2.54. The molecule has 1 aromatic carbocycles. The lowest BCUT2D eigenvalue weighted by molar-refractivity contribution is -0.123. The number of halogens is 1. The second kappa shape index (κ2) is 6.51. The van der Waals surface area contributed by atoms with E-state index in [0.717, 1.165) is 31.6 Å². The van der Waals surface area contributed by atoms with Gasteiger partial charge in [-0.1, -0.05) is 43.5 Å². The van der Waals surface area contributed by atoms with Gasteiger partial charge in [0.2, 0.25) is 0 Å². The lowest BCUT2D eigenvalue weighted by atomic mass is 9.77. The molecule has 1 spiro atoms. The van der Waals surface area contributed by atoms with E-state index in [1.54, 1.807) is 0 Å². The molecule has 1 aromatic rings. The van der Waals surface area contributed by atoms with Crippen molar-refractivity contribution in [3.8, 4) is 0 Å².